The normalized spacial score (nSPS) is 10.4. The van der Waals surface area contributed by atoms with E-state index in [2.05, 4.69) is 10.4 Å². The summed E-state index contributed by atoms with van der Waals surface area (Å²) in [6.45, 7) is 2.01. The first-order chi connectivity index (χ1) is 9.95. The fourth-order valence-electron chi connectivity index (χ4n) is 1.76. The molecule has 1 aromatic heterocycles. The highest BCUT2D eigenvalue weighted by atomic mass is 19.1. The average molecular weight is 291 g/mol. The largest absolute Gasteiger partial charge is 0.476 e. The van der Waals surface area contributed by atoms with Gasteiger partial charge in [-0.3, -0.25) is 9.48 Å². The molecule has 0 fully saturated rings. The third-order valence-electron chi connectivity index (χ3n) is 2.82. The second kappa shape index (κ2) is 6.17. The van der Waals surface area contributed by atoms with Gasteiger partial charge in [-0.1, -0.05) is 6.07 Å². The Labute approximate surface area is 120 Å². The second-order valence-electron chi connectivity index (χ2n) is 4.55. The molecule has 0 aliphatic rings. The van der Waals surface area contributed by atoms with Gasteiger partial charge in [0.2, 0.25) is 5.91 Å². The van der Waals surface area contributed by atoms with Gasteiger partial charge in [0.05, 0.1) is 5.69 Å². The molecule has 0 aliphatic carbocycles. The van der Waals surface area contributed by atoms with Crippen LogP contribution in [0.2, 0.25) is 0 Å². The summed E-state index contributed by atoms with van der Waals surface area (Å²) in [6, 6.07) is 5.80. The molecule has 0 atom stereocenters. The molecular formula is C14H14FN3O3. The summed E-state index contributed by atoms with van der Waals surface area (Å²) in [4.78, 5) is 22.4. The fraction of sp³-hybridized carbons (Fsp3) is 0.214. The third-order valence-corrected chi connectivity index (χ3v) is 2.82. The summed E-state index contributed by atoms with van der Waals surface area (Å²) in [5, 5.41) is 15.0. The predicted octanol–water partition coefficient (Wildman–Crippen LogP) is 2.06. The Hall–Kier alpha value is -2.70. The molecule has 6 nitrogen and oxygen atoms in total. The first kappa shape index (κ1) is 14.7. The number of carbonyl (C=O) groups is 2. The smallest absolute Gasteiger partial charge is 0.356 e. The second-order valence-corrected chi connectivity index (χ2v) is 4.55. The Morgan fingerprint density at radius 2 is 2.14 bits per heavy atom. The summed E-state index contributed by atoms with van der Waals surface area (Å²) < 4.78 is 14.8. The zero-order valence-corrected chi connectivity index (χ0v) is 11.3. The van der Waals surface area contributed by atoms with Crippen LogP contribution in [0.25, 0.3) is 0 Å². The SMILES string of the molecule is Cc1ccc(F)c(NC(=O)CCn2ccc(C(=O)O)n2)c1. The number of carboxylic acid groups (broad SMARTS) is 1. The van der Waals surface area contributed by atoms with Gasteiger partial charge >= 0.3 is 5.97 Å². The van der Waals surface area contributed by atoms with Crippen LogP contribution in [0, 0.1) is 12.7 Å². The highest BCUT2D eigenvalue weighted by molar-refractivity contribution is 5.90. The van der Waals surface area contributed by atoms with Crippen molar-refractivity contribution >= 4 is 17.6 Å². The number of aromatic nitrogens is 2. The Morgan fingerprint density at radius 3 is 2.81 bits per heavy atom. The van der Waals surface area contributed by atoms with E-state index in [0.29, 0.717) is 0 Å². The van der Waals surface area contributed by atoms with Crippen molar-refractivity contribution in [3.8, 4) is 0 Å². The molecule has 1 amide bonds. The minimum Gasteiger partial charge on any atom is -0.476 e. The highest BCUT2D eigenvalue weighted by Crippen LogP contribution is 2.15. The van der Waals surface area contributed by atoms with Crippen molar-refractivity contribution in [1.82, 2.24) is 9.78 Å². The van der Waals surface area contributed by atoms with Gasteiger partial charge < -0.3 is 10.4 Å². The van der Waals surface area contributed by atoms with Crippen LogP contribution >= 0.6 is 0 Å². The summed E-state index contributed by atoms with van der Waals surface area (Å²) >= 11 is 0. The number of nitrogens with zero attached hydrogens (tertiary/aromatic N) is 2. The molecule has 2 N–H and O–H groups in total. The maximum Gasteiger partial charge on any atom is 0.356 e. The van der Waals surface area contributed by atoms with Crippen LogP contribution in [0.4, 0.5) is 10.1 Å². The molecule has 0 spiro atoms. The molecule has 0 bridgehead atoms. The van der Waals surface area contributed by atoms with Gasteiger partial charge in [-0.25, -0.2) is 9.18 Å². The van der Waals surface area contributed by atoms with Gasteiger partial charge in [0.25, 0.3) is 0 Å². The molecular weight excluding hydrogens is 277 g/mol. The number of carboxylic acids is 1. The monoisotopic (exact) mass is 291 g/mol. The molecule has 0 saturated heterocycles. The maximum absolute atomic E-state index is 13.5. The minimum absolute atomic E-state index is 0.0636. The van der Waals surface area contributed by atoms with Crippen LogP contribution in [-0.2, 0) is 11.3 Å². The van der Waals surface area contributed by atoms with Crippen LogP contribution < -0.4 is 5.32 Å². The third kappa shape index (κ3) is 3.88. The number of anilines is 1. The van der Waals surface area contributed by atoms with Gasteiger partial charge in [-0.15, -0.1) is 0 Å². The Bertz CT molecular complexity index is 682. The molecule has 0 unspecified atom stereocenters. The predicted molar refractivity (Wildman–Crippen MR) is 73.6 cm³/mol. The molecule has 2 rings (SSSR count). The van der Waals surface area contributed by atoms with Crippen LogP contribution in [0.15, 0.2) is 30.5 Å². The first-order valence-corrected chi connectivity index (χ1v) is 6.28. The van der Waals surface area contributed by atoms with E-state index in [1.165, 1.54) is 23.0 Å². The number of rotatable bonds is 5. The van der Waals surface area contributed by atoms with Gasteiger partial charge in [-0.05, 0) is 30.7 Å². The molecule has 1 aromatic carbocycles. The van der Waals surface area contributed by atoms with Crippen molar-refractivity contribution in [3.05, 3.63) is 47.5 Å². The average Bonchev–Trinajstić information content (AvgIpc) is 2.90. The molecule has 0 aliphatic heterocycles. The zero-order valence-electron chi connectivity index (χ0n) is 11.3. The lowest BCUT2D eigenvalue weighted by atomic mass is 10.2. The van der Waals surface area contributed by atoms with E-state index in [9.17, 15) is 14.0 Å². The summed E-state index contributed by atoms with van der Waals surface area (Å²) in [5.41, 5.74) is 0.886. The van der Waals surface area contributed by atoms with Crippen molar-refractivity contribution in [2.75, 3.05) is 5.32 Å². The van der Waals surface area contributed by atoms with Gasteiger partial charge in [0, 0.05) is 19.2 Å². The standard InChI is InChI=1S/C14H14FN3O3/c1-9-2-3-10(15)12(8-9)16-13(19)5-7-18-6-4-11(17-18)14(20)21/h2-4,6,8H,5,7H2,1H3,(H,16,19)(H,20,21). The lowest BCUT2D eigenvalue weighted by molar-refractivity contribution is -0.116. The van der Waals surface area contributed by atoms with Crippen molar-refractivity contribution in [2.24, 2.45) is 0 Å². The number of aromatic carboxylic acids is 1. The molecule has 110 valence electrons. The number of hydrogen-bond acceptors (Lipinski definition) is 3. The quantitative estimate of drug-likeness (QED) is 0.883. The van der Waals surface area contributed by atoms with Crippen molar-refractivity contribution < 1.29 is 19.1 Å². The van der Waals surface area contributed by atoms with E-state index in [1.54, 1.807) is 19.1 Å². The van der Waals surface area contributed by atoms with Gasteiger partial charge in [0.15, 0.2) is 5.69 Å². The van der Waals surface area contributed by atoms with Crippen LogP contribution in [-0.4, -0.2) is 26.8 Å². The van der Waals surface area contributed by atoms with Crippen molar-refractivity contribution in [2.45, 2.75) is 19.9 Å². The lowest BCUT2D eigenvalue weighted by Crippen LogP contribution is -2.16. The van der Waals surface area contributed by atoms with E-state index in [-0.39, 0.29) is 30.3 Å². The van der Waals surface area contributed by atoms with Gasteiger partial charge in [-0.2, -0.15) is 5.10 Å². The number of benzene rings is 1. The topological polar surface area (TPSA) is 84.2 Å². The minimum atomic E-state index is -1.12. The molecule has 2 aromatic rings. The number of carbonyl (C=O) groups excluding carboxylic acids is 1. The first-order valence-electron chi connectivity index (χ1n) is 6.28. The van der Waals surface area contributed by atoms with Crippen molar-refractivity contribution in [3.63, 3.8) is 0 Å². The summed E-state index contributed by atoms with van der Waals surface area (Å²) in [6.07, 6.45) is 1.54. The Kier molecular flexibility index (Phi) is 4.32. The van der Waals surface area contributed by atoms with E-state index >= 15 is 0 Å². The molecule has 7 heteroatoms. The molecule has 0 radical (unpaired) electrons. The molecule has 21 heavy (non-hydrogen) atoms. The number of aryl methyl sites for hydroxylation is 2. The van der Waals surface area contributed by atoms with Crippen LogP contribution in [0.5, 0.6) is 0 Å². The van der Waals surface area contributed by atoms with E-state index in [0.717, 1.165) is 5.56 Å². The number of amides is 1. The summed E-state index contributed by atoms with van der Waals surface area (Å²) in [5.74, 6) is -1.99. The maximum atomic E-state index is 13.5. The molecule has 1 heterocycles. The van der Waals surface area contributed by atoms with Gasteiger partial charge in [0.1, 0.15) is 5.82 Å². The fourth-order valence-corrected chi connectivity index (χ4v) is 1.76. The van der Waals surface area contributed by atoms with Crippen molar-refractivity contribution in [1.29, 1.82) is 0 Å². The Balaban J connectivity index is 1.92. The van der Waals surface area contributed by atoms with E-state index in [1.807, 2.05) is 0 Å². The molecule has 0 saturated carbocycles. The number of hydrogen-bond donors (Lipinski definition) is 2. The highest BCUT2D eigenvalue weighted by Gasteiger charge is 2.10. The summed E-state index contributed by atoms with van der Waals surface area (Å²) in [7, 11) is 0. The number of halogens is 1. The zero-order chi connectivity index (χ0) is 15.4. The van der Waals surface area contributed by atoms with E-state index < -0.39 is 11.8 Å². The van der Waals surface area contributed by atoms with E-state index in [4.69, 9.17) is 5.11 Å². The van der Waals surface area contributed by atoms with Crippen LogP contribution in [0.1, 0.15) is 22.5 Å². The Morgan fingerprint density at radius 1 is 1.38 bits per heavy atom. The lowest BCUT2D eigenvalue weighted by Gasteiger charge is -2.07. The number of nitrogens with one attached hydrogen (secondary N) is 1. The van der Waals surface area contributed by atoms with Crippen LogP contribution in [0.3, 0.4) is 0 Å².